The van der Waals surface area contributed by atoms with E-state index in [-0.39, 0.29) is 49.7 Å². The summed E-state index contributed by atoms with van der Waals surface area (Å²) < 4.78 is 46.6. The van der Waals surface area contributed by atoms with E-state index in [2.05, 4.69) is 5.32 Å². The summed E-state index contributed by atoms with van der Waals surface area (Å²) in [5.41, 5.74) is 1.60. The third-order valence-electron chi connectivity index (χ3n) is 6.51. The molecule has 2 amide bonds. The molecule has 3 aromatic rings. The maximum absolute atomic E-state index is 14.7. The summed E-state index contributed by atoms with van der Waals surface area (Å²) >= 11 is 0. The number of rotatable bonds is 15. The zero-order valence-corrected chi connectivity index (χ0v) is 24.6. The molecule has 1 atom stereocenters. The highest BCUT2D eigenvalue weighted by Crippen LogP contribution is 2.23. The predicted molar refractivity (Wildman–Crippen MR) is 159 cm³/mol. The fourth-order valence-electron chi connectivity index (χ4n) is 4.54. The van der Waals surface area contributed by atoms with Crippen molar-refractivity contribution in [2.75, 3.05) is 30.3 Å². The van der Waals surface area contributed by atoms with Crippen LogP contribution in [0.2, 0.25) is 0 Å². The van der Waals surface area contributed by atoms with E-state index in [0.29, 0.717) is 24.6 Å². The molecule has 0 aliphatic heterocycles. The molecular weight excluding hydrogens is 545 g/mol. The van der Waals surface area contributed by atoms with E-state index in [9.17, 15) is 22.4 Å². The van der Waals surface area contributed by atoms with E-state index in [1.54, 1.807) is 49.4 Å². The Morgan fingerprint density at radius 3 is 2.22 bits per heavy atom. The monoisotopic (exact) mass is 583 g/mol. The van der Waals surface area contributed by atoms with Crippen LogP contribution in [0.1, 0.15) is 37.8 Å². The van der Waals surface area contributed by atoms with Crippen LogP contribution < -0.4 is 14.4 Å². The van der Waals surface area contributed by atoms with Crippen molar-refractivity contribution in [1.29, 1.82) is 0 Å². The Balaban J connectivity index is 1.85. The lowest BCUT2D eigenvalue weighted by Crippen LogP contribution is -2.50. The summed E-state index contributed by atoms with van der Waals surface area (Å²) in [4.78, 5) is 28.4. The van der Waals surface area contributed by atoms with Crippen LogP contribution >= 0.6 is 0 Å². The molecule has 10 heteroatoms. The molecule has 0 aliphatic rings. The number of nitrogens with one attached hydrogen (secondary N) is 1. The first-order valence-corrected chi connectivity index (χ1v) is 15.5. The number of hydrogen-bond acceptors (Lipinski definition) is 5. The molecular formula is C31H38FN3O5S. The number of amides is 2. The van der Waals surface area contributed by atoms with E-state index in [1.165, 1.54) is 15.3 Å². The van der Waals surface area contributed by atoms with Crippen molar-refractivity contribution < 1.29 is 27.1 Å². The van der Waals surface area contributed by atoms with Gasteiger partial charge in [-0.25, -0.2) is 12.8 Å². The van der Waals surface area contributed by atoms with Crippen molar-refractivity contribution in [3.63, 3.8) is 0 Å². The van der Waals surface area contributed by atoms with Crippen LogP contribution in [0.15, 0.2) is 78.9 Å². The molecule has 8 nitrogen and oxygen atoms in total. The van der Waals surface area contributed by atoms with Gasteiger partial charge in [0.15, 0.2) is 0 Å². The minimum atomic E-state index is -3.64. The molecule has 1 unspecified atom stereocenters. The number of hydrogen-bond donors (Lipinski definition) is 1. The molecule has 0 bridgehead atoms. The lowest BCUT2D eigenvalue weighted by molar-refractivity contribution is -0.141. The molecule has 41 heavy (non-hydrogen) atoms. The number of anilines is 1. The smallest absolute Gasteiger partial charge is 0.243 e. The van der Waals surface area contributed by atoms with E-state index < -0.39 is 21.9 Å². The number of carbonyl (C=O) groups is 2. The Hall–Kier alpha value is -3.92. The Kier molecular flexibility index (Phi) is 11.7. The highest BCUT2D eigenvalue weighted by molar-refractivity contribution is 7.92. The molecule has 3 rings (SSSR count). The number of sulfonamides is 1. The number of likely N-dealkylation sites (N-methyl/N-ethyl adjacent to an activating group) is 1. The van der Waals surface area contributed by atoms with Gasteiger partial charge in [0.1, 0.15) is 17.6 Å². The fourth-order valence-corrected chi connectivity index (χ4v) is 5.50. The van der Waals surface area contributed by atoms with Gasteiger partial charge in [-0.05, 0) is 56.2 Å². The van der Waals surface area contributed by atoms with E-state index in [4.69, 9.17) is 4.74 Å². The van der Waals surface area contributed by atoms with Gasteiger partial charge in [0.05, 0.1) is 18.6 Å². The summed E-state index contributed by atoms with van der Waals surface area (Å²) in [6, 6.07) is 21.3. The Morgan fingerprint density at radius 1 is 0.951 bits per heavy atom. The van der Waals surface area contributed by atoms with Crippen molar-refractivity contribution in [2.45, 2.75) is 45.7 Å². The van der Waals surface area contributed by atoms with Crippen LogP contribution in [0.5, 0.6) is 5.75 Å². The van der Waals surface area contributed by atoms with Crippen LogP contribution in [-0.2, 0) is 32.6 Å². The predicted octanol–water partition coefficient (Wildman–Crippen LogP) is 4.55. The zero-order chi connectivity index (χ0) is 29.8. The van der Waals surface area contributed by atoms with Gasteiger partial charge < -0.3 is 15.0 Å². The largest absolute Gasteiger partial charge is 0.494 e. The zero-order valence-electron chi connectivity index (χ0n) is 23.8. The van der Waals surface area contributed by atoms with Crippen molar-refractivity contribution in [3.8, 4) is 5.75 Å². The van der Waals surface area contributed by atoms with E-state index in [0.717, 1.165) is 11.8 Å². The normalized spacial score (nSPS) is 11.9. The molecule has 0 spiro atoms. The third kappa shape index (κ3) is 9.31. The Labute approximate surface area is 242 Å². The molecule has 0 saturated carbocycles. The van der Waals surface area contributed by atoms with Gasteiger partial charge in [-0.2, -0.15) is 0 Å². The summed E-state index contributed by atoms with van der Waals surface area (Å²) in [6.07, 6.45) is 1.51. The van der Waals surface area contributed by atoms with Gasteiger partial charge in [0, 0.05) is 38.0 Å². The SMILES string of the molecule is CCNC(=O)C(Cc1ccccc1)N(Cc1ccccc1F)C(=O)CCCN(c1ccc(OCC)cc1)S(C)(=O)=O. The average Bonchev–Trinajstić information content (AvgIpc) is 2.94. The standard InChI is InChI=1S/C31H38FN3O5S/c1-4-33-31(37)29(22-24-12-7-6-8-13-24)34(23-25-14-9-10-15-28(25)32)30(36)16-11-21-35(41(3,38)39)26-17-19-27(20-18-26)40-5-2/h6-10,12-15,17-20,29H,4-5,11,16,21-23H2,1-3H3,(H,33,37). The quantitative estimate of drug-likeness (QED) is 0.283. The maximum Gasteiger partial charge on any atom is 0.243 e. The van der Waals surface area contributed by atoms with E-state index >= 15 is 0 Å². The van der Waals surface area contributed by atoms with Gasteiger partial charge in [-0.15, -0.1) is 0 Å². The lowest BCUT2D eigenvalue weighted by Gasteiger charge is -2.32. The van der Waals surface area contributed by atoms with Crippen molar-refractivity contribution in [2.24, 2.45) is 0 Å². The van der Waals surface area contributed by atoms with Gasteiger partial charge in [-0.1, -0.05) is 48.5 Å². The van der Waals surface area contributed by atoms with Crippen molar-refractivity contribution in [1.82, 2.24) is 10.2 Å². The summed E-state index contributed by atoms with van der Waals surface area (Å²) in [7, 11) is -3.64. The number of nitrogens with zero attached hydrogens (tertiary/aromatic N) is 2. The van der Waals surface area contributed by atoms with Crippen LogP contribution in [0.25, 0.3) is 0 Å². The second-order valence-corrected chi connectivity index (χ2v) is 11.5. The molecule has 0 heterocycles. The van der Waals surface area contributed by atoms with Crippen molar-refractivity contribution >= 4 is 27.5 Å². The number of benzene rings is 3. The van der Waals surface area contributed by atoms with Crippen LogP contribution in [0, 0.1) is 5.82 Å². The van der Waals surface area contributed by atoms with Crippen LogP contribution in [0.4, 0.5) is 10.1 Å². The Morgan fingerprint density at radius 2 is 1.61 bits per heavy atom. The maximum atomic E-state index is 14.7. The first-order chi connectivity index (χ1) is 19.6. The van der Waals surface area contributed by atoms with Crippen LogP contribution in [-0.4, -0.2) is 57.1 Å². The van der Waals surface area contributed by atoms with Gasteiger partial charge in [0.25, 0.3) is 0 Å². The molecule has 220 valence electrons. The molecule has 0 radical (unpaired) electrons. The van der Waals surface area contributed by atoms with Gasteiger partial charge >= 0.3 is 0 Å². The van der Waals surface area contributed by atoms with E-state index in [1.807, 2.05) is 37.3 Å². The first kappa shape index (κ1) is 31.6. The summed E-state index contributed by atoms with van der Waals surface area (Å²) in [5.74, 6) is -0.564. The summed E-state index contributed by atoms with van der Waals surface area (Å²) in [6.45, 7) is 4.46. The second kappa shape index (κ2) is 15.2. The topological polar surface area (TPSA) is 96.0 Å². The minimum Gasteiger partial charge on any atom is -0.494 e. The van der Waals surface area contributed by atoms with Gasteiger partial charge in [-0.3, -0.25) is 13.9 Å². The molecule has 0 aliphatic carbocycles. The van der Waals surface area contributed by atoms with Crippen LogP contribution in [0.3, 0.4) is 0 Å². The molecule has 1 N–H and O–H groups in total. The number of carbonyl (C=O) groups excluding carboxylic acids is 2. The molecule has 0 fully saturated rings. The first-order valence-electron chi connectivity index (χ1n) is 13.7. The van der Waals surface area contributed by atoms with Crippen molar-refractivity contribution in [3.05, 3.63) is 95.8 Å². The molecule has 0 saturated heterocycles. The minimum absolute atomic E-state index is 0.0395. The van der Waals surface area contributed by atoms with Gasteiger partial charge in [0.2, 0.25) is 21.8 Å². The second-order valence-electron chi connectivity index (χ2n) is 9.58. The summed E-state index contributed by atoms with van der Waals surface area (Å²) in [5, 5.41) is 2.81. The highest BCUT2D eigenvalue weighted by atomic mass is 32.2. The molecule has 0 aromatic heterocycles. The Bertz CT molecular complexity index is 1380. The highest BCUT2D eigenvalue weighted by Gasteiger charge is 2.30. The molecule has 3 aromatic carbocycles. The number of ether oxygens (including phenoxy) is 1. The third-order valence-corrected chi connectivity index (χ3v) is 7.70. The average molecular weight is 584 g/mol. The fraction of sp³-hybridized carbons (Fsp3) is 0.355. The number of halogens is 1. The lowest BCUT2D eigenvalue weighted by atomic mass is 10.0.